The lowest BCUT2D eigenvalue weighted by molar-refractivity contribution is 0.102. The van der Waals surface area contributed by atoms with Crippen LogP contribution in [0.3, 0.4) is 0 Å². The van der Waals surface area contributed by atoms with E-state index in [2.05, 4.69) is 45.9 Å². The Morgan fingerprint density at radius 3 is 2.59 bits per heavy atom. The molecule has 0 fully saturated rings. The molecule has 3 rings (SSSR count). The molecule has 0 aliphatic heterocycles. The van der Waals surface area contributed by atoms with Crippen molar-refractivity contribution in [2.45, 2.75) is 26.7 Å². The fourth-order valence-electron chi connectivity index (χ4n) is 2.98. The first-order valence-electron chi connectivity index (χ1n) is 9.23. The highest BCUT2D eigenvalue weighted by molar-refractivity contribution is 6.04. The number of anilines is 2. The number of hydrogen-bond donors (Lipinski definition) is 2. The molecule has 4 nitrogen and oxygen atoms in total. The Morgan fingerprint density at radius 1 is 1.00 bits per heavy atom. The Morgan fingerprint density at radius 2 is 1.81 bits per heavy atom. The molecule has 0 saturated heterocycles. The Hall–Kier alpha value is -3.14. The number of pyridine rings is 1. The average Bonchev–Trinajstić information content (AvgIpc) is 2.68. The zero-order chi connectivity index (χ0) is 19.1. The van der Waals surface area contributed by atoms with Crippen LogP contribution in [0, 0.1) is 13.8 Å². The van der Waals surface area contributed by atoms with Crippen LogP contribution in [0.5, 0.6) is 0 Å². The third-order valence-corrected chi connectivity index (χ3v) is 4.44. The molecule has 1 heterocycles. The minimum atomic E-state index is -0.151. The molecular weight excluding hydrogens is 334 g/mol. The van der Waals surface area contributed by atoms with Gasteiger partial charge in [-0.1, -0.05) is 48.0 Å². The number of nitrogens with one attached hydrogen (secondary N) is 2. The monoisotopic (exact) mass is 359 g/mol. The number of carbonyl (C=O) groups excluding carboxylic acids is 1. The van der Waals surface area contributed by atoms with Gasteiger partial charge in [-0.3, -0.25) is 9.78 Å². The largest absolute Gasteiger partial charge is 0.384 e. The number of carbonyl (C=O) groups is 1. The smallest absolute Gasteiger partial charge is 0.257 e. The summed E-state index contributed by atoms with van der Waals surface area (Å²) in [6.45, 7) is 4.86. The predicted octanol–water partition coefficient (Wildman–Crippen LogP) is 5.00. The third kappa shape index (κ3) is 5.42. The molecular formula is C23H25N3O. The SMILES string of the molecule is Cc1ccc(NC(=O)c2cncc(NCCCc3ccccc3)c2)c(C)c1. The standard InChI is InChI=1S/C23H25N3O/c1-17-10-11-22(18(2)13-17)26-23(27)20-14-21(16-24-15-20)25-12-6-9-19-7-4-3-5-8-19/h3-5,7-8,10-11,13-16,25H,6,9,12H2,1-2H3,(H,26,27). The fourth-order valence-corrected chi connectivity index (χ4v) is 2.98. The Labute approximate surface area is 160 Å². The van der Waals surface area contributed by atoms with E-state index in [1.54, 1.807) is 12.4 Å². The van der Waals surface area contributed by atoms with Crippen LogP contribution < -0.4 is 10.6 Å². The zero-order valence-electron chi connectivity index (χ0n) is 15.8. The minimum Gasteiger partial charge on any atom is -0.384 e. The van der Waals surface area contributed by atoms with Gasteiger partial charge >= 0.3 is 0 Å². The van der Waals surface area contributed by atoms with Gasteiger partial charge in [0.2, 0.25) is 0 Å². The summed E-state index contributed by atoms with van der Waals surface area (Å²) in [5, 5.41) is 6.31. The van der Waals surface area contributed by atoms with Crippen molar-refractivity contribution < 1.29 is 4.79 Å². The lowest BCUT2D eigenvalue weighted by atomic mass is 10.1. The van der Waals surface area contributed by atoms with E-state index in [1.807, 2.05) is 38.1 Å². The van der Waals surface area contributed by atoms with Crippen molar-refractivity contribution in [1.29, 1.82) is 0 Å². The number of nitrogens with zero attached hydrogens (tertiary/aromatic N) is 1. The van der Waals surface area contributed by atoms with E-state index >= 15 is 0 Å². The van der Waals surface area contributed by atoms with E-state index in [0.717, 1.165) is 36.3 Å². The lowest BCUT2D eigenvalue weighted by Gasteiger charge is -2.11. The highest BCUT2D eigenvalue weighted by Gasteiger charge is 2.09. The van der Waals surface area contributed by atoms with Crippen molar-refractivity contribution in [2.75, 3.05) is 17.2 Å². The zero-order valence-corrected chi connectivity index (χ0v) is 15.8. The Bertz CT molecular complexity index is 907. The number of hydrogen-bond acceptors (Lipinski definition) is 3. The second-order valence-electron chi connectivity index (χ2n) is 6.75. The molecule has 0 radical (unpaired) electrons. The second-order valence-corrected chi connectivity index (χ2v) is 6.75. The summed E-state index contributed by atoms with van der Waals surface area (Å²) in [6.07, 6.45) is 5.38. The van der Waals surface area contributed by atoms with E-state index in [1.165, 1.54) is 11.1 Å². The minimum absolute atomic E-state index is 0.151. The molecule has 0 unspecified atom stereocenters. The molecule has 0 saturated carbocycles. The molecule has 2 aromatic carbocycles. The highest BCUT2D eigenvalue weighted by Crippen LogP contribution is 2.18. The van der Waals surface area contributed by atoms with Crippen molar-refractivity contribution in [3.05, 3.63) is 89.2 Å². The molecule has 2 N–H and O–H groups in total. The summed E-state index contributed by atoms with van der Waals surface area (Å²) in [6, 6.07) is 18.2. The maximum Gasteiger partial charge on any atom is 0.257 e. The van der Waals surface area contributed by atoms with Crippen LogP contribution in [0.2, 0.25) is 0 Å². The van der Waals surface area contributed by atoms with Crippen molar-refractivity contribution in [3.8, 4) is 0 Å². The first-order valence-corrected chi connectivity index (χ1v) is 9.23. The van der Waals surface area contributed by atoms with Gasteiger partial charge < -0.3 is 10.6 Å². The summed E-state index contributed by atoms with van der Waals surface area (Å²) in [7, 11) is 0. The average molecular weight is 359 g/mol. The van der Waals surface area contributed by atoms with Gasteiger partial charge in [0, 0.05) is 24.6 Å². The van der Waals surface area contributed by atoms with E-state index in [4.69, 9.17) is 0 Å². The Kier molecular flexibility index (Phi) is 6.21. The normalized spacial score (nSPS) is 10.4. The van der Waals surface area contributed by atoms with Gasteiger partial charge in [-0.05, 0) is 49.9 Å². The number of benzene rings is 2. The maximum absolute atomic E-state index is 12.5. The summed E-state index contributed by atoms with van der Waals surface area (Å²) in [4.78, 5) is 16.7. The molecule has 3 aromatic rings. The molecule has 0 spiro atoms. The van der Waals surface area contributed by atoms with Gasteiger partial charge in [0.25, 0.3) is 5.91 Å². The van der Waals surface area contributed by atoms with E-state index in [0.29, 0.717) is 5.56 Å². The Balaban J connectivity index is 1.55. The van der Waals surface area contributed by atoms with E-state index in [-0.39, 0.29) is 5.91 Å². The summed E-state index contributed by atoms with van der Waals surface area (Å²) < 4.78 is 0. The third-order valence-electron chi connectivity index (χ3n) is 4.44. The van der Waals surface area contributed by atoms with Gasteiger partial charge in [0.1, 0.15) is 0 Å². The topological polar surface area (TPSA) is 54.0 Å². The summed E-state index contributed by atoms with van der Waals surface area (Å²) >= 11 is 0. The van der Waals surface area contributed by atoms with Crippen LogP contribution in [0.1, 0.15) is 33.5 Å². The molecule has 0 aliphatic carbocycles. The number of aromatic nitrogens is 1. The summed E-state index contributed by atoms with van der Waals surface area (Å²) in [5.74, 6) is -0.151. The number of rotatable bonds is 7. The van der Waals surface area contributed by atoms with Gasteiger partial charge in [0.15, 0.2) is 0 Å². The predicted molar refractivity (Wildman–Crippen MR) is 111 cm³/mol. The van der Waals surface area contributed by atoms with Crippen molar-refractivity contribution in [1.82, 2.24) is 4.98 Å². The van der Waals surface area contributed by atoms with Gasteiger partial charge in [-0.25, -0.2) is 0 Å². The lowest BCUT2D eigenvalue weighted by Crippen LogP contribution is -2.14. The van der Waals surface area contributed by atoms with Crippen LogP contribution in [0.25, 0.3) is 0 Å². The molecule has 138 valence electrons. The molecule has 1 aromatic heterocycles. The van der Waals surface area contributed by atoms with Crippen molar-refractivity contribution >= 4 is 17.3 Å². The first kappa shape index (κ1) is 18.6. The quantitative estimate of drug-likeness (QED) is 0.584. The molecule has 4 heteroatoms. The molecule has 27 heavy (non-hydrogen) atoms. The van der Waals surface area contributed by atoms with Crippen LogP contribution in [0.15, 0.2) is 67.0 Å². The first-order chi connectivity index (χ1) is 13.1. The molecule has 1 amide bonds. The molecule has 0 atom stereocenters. The van der Waals surface area contributed by atoms with Gasteiger partial charge in [-0.2, -0.15) is 0 Å². The number of amides is 1. The van der Waals surface area contributed by atoms with Crippen molar-refractivity contribution in [3.63, 3.8) is 0 Å². The van der Waals surface area contributed by atoms with Crippen LogP contribution >= 0.6 is 0 Å². The fraction of sp³-hybridized carbons (Fsp3) is 0.217. The van der Waals surface area contributed by atoms with E-state index in [9.17, 15) is 4.79 Å². The van der Waals surface area contributed by atoms with E-state index < -0.39 is 0 Å². The highest BCUT2D eigenvalue weighted by atomic mass is 16.1. The molecule has 0 bridgehead atoms. The number of aryl methyl sites for hydroxylation is 3. The van der Waals surface area contributed by atoms with Crippen LogP contribution in [-0.4, -0.2) is 17.4 Å². The van der Waals surface area contributed by atoms with Crippen LogP contribution in [0.4, 0.5) is 11.4 Å². The van der Waals surface area contributed by atoms with Gasteiger partial charge in [-0.15, -0.1) is 0 Å². The van der Waals surface area contributed by atoms with Crippen LogP contribution in [-0.2, 0) is 6.42 Å². The van der Waals surface area contributed by atoms with Crippen molar-refractivity contribution in [2.24, 2.45) is 0 Å². The maximum atomic E-state index is 12.5. The summed E-state index contributed by atoms with van der Waals surface area (Å²) in [5.41, 5.74) is 5.78. The molecule has 0 aliphatic rings. The van der Waals surface area contributed by atoms with Gasteiger partial charge in [0.05, 0.1) is 11.3 Å². The second kappa shape index (κ2) is 8.99.